The molecule has 0 spiro atoms. The number of aliphatic carboxylic acids is 1. The van der Waals surface area contributed by atoms with E-state index in [0.717, 1.165) is 24.8 Å². The summed E-state index contributed by atoms with van der Waals surface area (Å²) in [5, 5.41) is 9.47. The second-order valence-corrected chi connectivity index (χ2v) is 6.34. The Morgan fingerprint density at radius 1 is 1.19 bits per heavy atom. The van der Waals surface area contributed by atoms with E-state index >= 15 is 0 Å². The molecule has 5 heteroatoms. The molecule has 1 amide bonds. The van der Waals surface area contributed by atoms with Crippen molar-refractivity contribution in [2.75, 3.05) is 12.3 Å². The first-order chi connectivity index (χ1) is 9.90. The molecule has 1 aliphatic carbocycles. The molecule has 1 saturated heterocycles. The van der Waals surface area contributed by atoms with Gasteiger partial charge in [-0.1, -0.05) is 12.1 Å². The third-order valence-electron chi connectivity index (χ3n) is 4.97. The van der Waals surface area contributed by atoms with E-state index in [-0.39, 0.29) is 5.91 Å². The Balaban J connectivity index is 1.91. The number of carboxylic acid groups (broad SMARTS) is 1. The number of nitrogens with zero attached hydrogens (tertiary/aromatic N) is 1. The zero-order valence-corrected chi connectivity index (χ0v) is 12.1. The van der Waals surface area contributed by atoms with E-state index in [9.17, 15) is 14.7 Å². The van der Waals surface area contributed by atoms with E-state index in [1.165, 1.54) is 0 Å². The van der Waals surface area contributed by atoms with Crippen molar-refractivity contribution in [2.24, 2.45) is 0 Å². The molecule has 21 heavy (non-hydrogen) atoms. The first-order valence-corrected chi connectivity index (χ1v) is 7.32. The van der Waals surface area contributed by atoms with Crippen LogP contribution in [0.3, 0.4) is 0 Å². The second-order valence-electron chi connectivity index (χ2n) is 6.34. The number of carbonyl (C=O) groups excluding carboxylic acids is 1. The van der Waals surface area contributed by atoms with E-state index < -0.39 is 16.9 Å². The zero-order chi connectivity index (χ0) is 15.3. The van der Waals surface area contributed by atoms with Crippen LogP contribution in [0, 0.1) is 0 Å². The lowest BCUT2D eigenvalue weighted by Gasteiger charge is -2.34. The summed E-state index contributed by atoms with van der Waals surface area (Å²) in [5.74, 6) is -0.962. The highest BCUT2D eigenvalue weighted by Gasteiger charge is 2.58. The van der Waals surface area contributed by atoms with Crippen LogP contribution in [0.4, 0.5) is 5.69 Å². The van der Waals surface area contributed by atoms with E-state index in [4.69, 9.17) is 5.73 Å². The molecule has 1 unspecified atom stereocenters. The molecule has 1 aliphatic heterocycles. The Morgan fingerprint density at radius 3 is 2.33 bits per heavy atom. The molecule has 1 saturated carbocycles. The van der Waals surface area contributed by atoms with Crippen LogP contribution in [0.25, 0.3) is 0 Å². The first kappa shape index (κ1) is 13.9. The maximum atomic E-state index is 13.0. The maximum Gasteiger partial charge on any atom is 0.329 e. The number of nitrogen functional groups attached to an aromatic ring is 1. The standard InChI is InChI=1S/C16H20N2O3/c1-15(14(20)21)7-2-10-18(15)13(19)16(8-9-16)11-3-5-12(17)6-4-11/h3-6H,2,7-10,17H2,1H3,(H,20,21). The van der Waals surface area contributed by atoms with Crippen molar-refractivity contribution in [2.45, 2.75) is 43.6 Å². The third-order valence-corrected chi connectivity index (χ3v) is 4.97. The molecule has 1 heterocycles. The molecule has 3 N–H and O–H groups in total. The van der Waals surface area contributed by atoms with Gasteiger partial charge in [0.25, 0.3) is 0 Å². The molecular formula is C16H20N2O3. The Hall–Kier alpha value is -2.04. The van der Waals surface area contributed by atoms with Crippen molar-refractivity contribution in [3.05, 3.63) is 29.8 Å². The number of hydrogen-bond acceptors (Lipinski definition) is 3. The van der Waals surface area contributed by atoms with Crippen LogP contribution >= 0.6 is 0 Å². The van der Waals surface area contributed by atoms with E-state index in [1.807, 2.05) is 12.1 Å². The summed E-state index contributed by atoms with van der Waals surface area (Å²) >= 11 is 0. The summed E-state index contributed by atoms with van der Waals surface area (Å²) < 4.78 is 0. The second kappa shape index (κ2) is 4.48. The van der Waals surface area contributed by atoms with Crippen molar-refractivity contribution in [3.63, 3.8) is 0 Å². The molecule has 2 aliphatic rings. The van der Waals surface area contributed by atoms with Gasteiger partial charge in [-0.05, 0) is 50.3 Å². The summed E-state index contributed by atoms with van der Waals surface area (Å²) in [6, 6.07) is 7.36. The Morgan fingerprint density at radius 2 is 1.81 bits per heavy atom. The normalized spacial score (nSPS) is 26.6. The summed E-state index contributed by atoms with van der Waals surface area (Å²) in [5.41, 5.74) is 5.71. The maximum absolute atomic E-state index is 13.0. The fraction of sp³-hybridized carbons (Fsp3) is 0.500. The smallest absolute Gasteiger partial charge is 0.329 e. The van der Waals surface area contributed by atoms with Gasteiger partial charge in [0.1, 0.15) is 5.54 Å². The number of hydrogen-bond donors (Lipinski definition) is 2. The minimum Gasteiger partial charge on any atom is -0.480 e. The lowest BCUT2D eigenvalue weighted by molar-refractivity contribution is -0.156. The number of benzene rings is 1. The van der Waals surface area contributed by atoms with Gasteiger partial charge in [-0.15, -0.1) is 0 Å². The molecule has 2 fully saturated rings. The Labute approximate surface area is 123 Å². The minimum atomic E-state index is -1.07. The zero-order valence-electron chi connectivity index (χ0n) is 12.1. The van der Waals surface area contributed by atoms with Crippen molar-refractivity contribution in [1.29, 1.82) is 0 Å². The van der Waals surface area contributed by atoms with Crippen molar-refractivity contribution in [3.8, 4) is 0 Å². The van der Waals surface area contributed by atoms with Crippen molar-refractivity contribution >= 4 is 17.6 Å². The number of carbonyl (C=O) groups is 2. The highest BCUT2D eigenvalue weighted by Crippen LogP contribution is 2.51. The molecule has 1 aromatic rings. The number of carboxylic acids is 1. The fourth-order valence-electron chi connectivity index (χ4n) is 3.32. The predicted molar refractivity (Wildman–Crippen MR) is 78.8 cm³/mol. The van der Waals surface area contributed by atoms with Gasteiger partial charge >= 0.3 is 5.97 Å². The number of likely N-dealkylation sites (tertiary alicyclic amines) is 1. The monoisotopic (exact) mass is 288 g/mol. The molecular weight excluding hydrogens is 268 g/mol. The van der Waals surface area contributed by atoms with Gasteiger partial charge in [-0.3, -0.25) is 4.79 Å². The molecule has 5 nitrogen and oxygen atoms in total. The quantitative estimate of drug-likeness (QED) is 0.830. The van der Waals surface area contributed by atoms with Crippen LogP contribution < -0.4 is 5.73 Å². The topological polar surface area (TPSA) is 83.6 Å². The highest BCUT2D eigenvalue weighted by atomic mass is 16.4. The van der Waals surface area contributed by atoms with Gasteiger partial charge in [-0.25, -0.2) is 4.79 Å². The molecule has 1 aromatic carbocycles. The number of anilines is 1. The summed E-state index contributed by atoms with van der Waals surface area (Å²) in [7, 11) is 0. The van der Waals surface area contributed by atoms with Crippen LogP contribution in [-0.2, 0) is 15.0 Å². The van der Waals surface area contributed by atoms with Crippen LogP contribution in [0.2, 0.25) is 0 Å². The van der Waals surface area contributed by atoms with Gasteiger partial charge in [-0.2, -0.15) is 0 Å². The molecule has 1 atom stereocenters. The van der Waals surface area contributed by atoms with Crippen molar-refractivity contribution in [1.82, 2.24) is 4.90 Å². The summed E-state index contributed by atoms with van der Waals surface area (Å²) in [4.78, 5) is 26.1. The third kappa shape index (κ3) is 1.99. The fourth-order valence-corrected chi connectivity index (χ4v) is 3.32. The number of rotatable bonds is 3. The highest BCUT2D eigenvalue weighted by molar-refractivity contribution is 5.95. The van der Waals surface area contributed by atoms with Crippen LogP contribution in [0.1, 0.15) is 38.2 Å². The Kier molecular flexibility index (Phi) is 2.97. The average molecular weight is 288 g/mol. The minimum absolute atomic E-state index is 0.0466. The van der Waals surface area contributed by atoms with Crippen molar-refractivity contribution < 1.29 is 14.7 Å². The summed E-state index contributed by atoms with van der Waals surface area (Å²) in [6.07, 6.45) is 2.82. The van der Waals surface area contributed by atoms with E-state index in [1.54, 1.807) is 24.0 Å². The number of nitrogens with two attached hydrogens (primary N) is 1. The van der Waals surface area contributed by atoms with Gasteiger partial charge < -0.3 is 15.7 Å². The van der Waals surface area contributed by atoms with Gasteiger partial charge in [0.2, 0.25) is 5.91 Å². The Bertz CT molecular complexity index is 592. The molecule has 0 bridgehead atoms. The van der Waals surface area contributed by atoms with Crippen LogP contribution in [0.15, 0.2) is 24.3 Å². The lowest BCUT2D eigenvalue weighted by atomic mass is 9.91. The lowest BCUT2D eigenvalue weighted by Crippen LogP contribution is -2.53. The summed E-state index contributed by atoms with van der Waals surface area (Å²) in [6.45, 7) is 2.18. The molecule has 3 rings (SSSR count). The molecule has 112 valence electrons. The van der Waals surface area contributed by atoms with Crippen LogP contribution in [-0.4, -0.2) is 34.0 Å². The largest absolute Gasteiger partial charge is 0.480 e. The molecule has 0 radical (unpaired) electrons. The average Bonchev–Trinajstić information content (AvgIpc) is 3.16. The predicted octanol–water partition coefficient (Wildman–Crippen LogP) is 1.77. The van der Waals surface area contributed by atoms with Crippen LogP contribution in [0.5, 0.6) is 0 Å². The first-order valence-electron chi connectivity index (χ1n) is 7.32. The number of amides is 1. The van der Waals surface area contributed by atoms with E-state index in [2.05, 4.69) is 0 Å². The van der Waals surface area contributed by atoms with Gasteiger partial charge in [0.15, 0.2) is 0 Å². The van der Waals surface area contributed by atoms with Gasteiger partial charge in [0.05, 0.1) is 5.41 Å². The SMILES string of the molecule is CC1(C(=O)O)CCCN1C(=O)C1(c2ccc(N)cc2)CC1. The van der Waals surface area contributed by atoms with E-state index in [0.29, 0.717) is 18.7 Å². The van der Waals surface area contributed by atoms with Gasteiger partial charge in [0, 0.05) is 12.2 Å². The molecule has 0 aromatic heterocycles.